The fraction of sp³-hybridized carbons (Fsp3) is 0.182. The molecule has 1 aromatic heterocycles. The van der Waals surface area contributed by atoms with Gasteiger partial charge in [-0.25, -0.2) is 8.78 Å². The summed E-state index contributed by atoms with van der Waals surface area (Å²) in [6, 6.07) is 3.35. The number of halogens is 2. The highest BCUT2D eigenvalue weighted by Gasteiger charge is 2.13. The minimum absolute atomic E-state index is 0.448. The van der Waals surface area contributed by atoms with Crippen molar-refractivity contribution < 1.29 is 13.3 Å². The van der Waals surface area contributed by atoms with Gasteiger partial charge >= 0.3 is 0 Å². The SMILES string of the molecule is Cc1noc(C)c1-c1cc(F)cc(F)c1. The van der Waals surface area contributed by atoms with E-state index < -0.39 is 11.6 Å². The van der Waals surface area contributed by atoms with Gasteiger partial charge in [0, 0.05) is 11.6 Å². The highest BCUT2D eigenvalue weighted by molar-refractivity contribution is 5.67. The Morgan fingerprint density at radius 3 is 2.13 bits per heavy atom. The van der Waals surface area contributed by atoms with Crippen molar-refractivity contribution in [1.29, 1.82) is 0 Å². The molecule has 0 saturated heterocycles. The largest absolute Gasteiger partial charge is 0.361 e. The van der Waals surface area contributed by atoms with Gasteiger partial charge in [0.05, 0.1) is 5.69 Å². The van der Waals surface area contributed by atoms with Gasteiger partial charge < -0.3 is 4.52 Å². The van der Waals surface area contributed by atoms with E-state index in [1.165, 1.54) is 12.1 Å². The number of nitrogens with zero attached hydrogens (tertiary/aromatic N) is 1. The number of benzene rings is 1. The molecule has 2 aromatic rings. The van der Waals surface area contributed by atoms with E-state index in [1.807, 2.05) is 0 Å². The molecule has 15 heavy (non-hydrogen) atoms. The zero-order valence-corrected chi connectivity index (χ0v) is 8.34. The molecule has 2 rings (SSSR count). The summed E-state index contributed by atoms with van der Waals surface area (Å²) in [5.74, 6) is -0.660. The van der Waals surface area contributed by atoms with Crippen molar-refractivity contribution in [2.24, 2.45) is 0 Å². The molecule has 0 unspecified atom stereocenters. The van der Waals surface area contributed by atoms with Crippen molar-refractivity contribution in [3.63, 3.8) is 0 Å². The van der Waals surface area contributed by atoms with E-state index in [4.69, 9.17) is 4.52 Å². The van der Waals surface area contributed by atoms with E-state index in [-0.39, 0.29) is 0 Å². The maximum absolute atomic E-state index is 13.0. The van der Waals surface area contributed by atoms with Gasteiger partial charge in [-0.1, -0.05) is 5.16 Å². The monoisotopic (exact) mass is 209 g/mol. The Morgan fingerprint density at radius 1 is 1.07 bits per heavy atom. The summed E-state index contributed by atoms with van der Waals surface area (Å²) in [7, 11) is 0. The summed E-state index contributed by atoms with van der Waals surface area (Å²) in [5.41, 5.74) is 1.72. The van der Waals surface area contributed by atoms with Crippen molar-refractivity contribution in [2.45, 2.75) is 13.8 Å². The highest BCUT2D eigenvalue weighted by Crippen LogP contribution is 2.27. The fourth-order valence-corrected chi connectivity index (χ4v) is 1.59. The molecule has 0 aliphatic rings. The summed E-state index contributed by atoms with van der Waals surface area (Å²) < 4.78 is 30.9. The van der Waals surface area contributed by atoms with Crippen LogP contribution in [0.1, 0.15) is 11.5 Å². The van der Waals surface area contributed by atoms with E-state index in [2.05, 4.69) is 5.16 Å². The van der Waals surface area contributed by atoms with E-state index >= 15 is 0 Å². The Balaban J connectivity index is 2.63. The third-order valence-electron chi connectivity index (χ3n) is 2.18. The molecule has 0 amide bonds. The smallest absolute Gasteiger partial charge is 0.141 e. The first-order chi connectivity index (χ1) is 7.08. The van der Waals surface area contributed by atoms with Crippen LogP contribution in [0.25, 0.3) is 11.1 Å². The molecule has 1 heterocycles. The highest BCUT2D eigenvalue weighted by atomic mass is 19.1. The number of hydrogen-bond donors (Lipinski definition) is 0. The second kappa shape index (κ2) is 3.46. The summed E-state index contributed by atoms with van der Waals surface area (Å²) in [4.78, 5) is 0. The normalized spacial score (nSPS) is 10.7. The predicted octanol–water partition coefficient (Wildman–Crippen LogP) is 3.24. The summed E-state index contributed by atoms with van der Waals surface area (Å²) >= 11 is 0. The second-order valence-electron chi connectivity index (χ2n) is 3.36. The molecule has 0 bridgehead atoms. The minimum atomic E-state index is -0.606. The molecule has 4 heteroatoms. The zero-order chi connectivity index (χ0) is 11.0. The van der Waals surface area contributed by atoms with E-state index in [9.17, 15) is 8.78 Å². The first kappa shape index (κ1) is 9.83. The Hall–Kier alpha value is -1.71. The van der Waals surface area contributed by atoms with Crippen molar-refractivity contribution in [1.82, 2.24) is 5.16 Å². The average Bonchev–Trinajstić information content (AvgIpc) is 2.44. The van der Waals surface area contributed by atoms with Crippen LogP contribution in [0.3, 0.4) is 0 Å². The maximum Gasteiger partial charge on any atom is 0.141 e. The number of hydrogen-bond acceptors (Lipinski definition) is 2. The van der Waals surface area contributed by atoms with Crippen LogP contribution in [-0.2, 0) is 0 Å². The molecule has 0 N–H and O–H groups in total. The predicted molar refractivity (Wildman–Crippen MR) is 51.3 cm³/mol. The molecule has 2 nitrogen and oxygen atoms in total. The van der Waals surface area contributed by atoms with Gasteiger partial charge in [-0.05, 0) is 31.5 Å². The first-order valence-corrected chi connectivity index (χ1v) is 4.47. The van der Waals surface area contributed by atoms with Crippen molar-refractivity contribution in [3.05, 3.63) is 41.3 Å². The lowest BCUT2D eigenvalue weighted by Crippen LogP contribution is -1.86. The topological polar surface area (TPSA) is 26.0 Å². The summed E-state index contributed by atoms with van der Waals surface area (Å²) in [5, 5.41) is 3.73. The minimum Gasteiger partial charge on any atom is -0.361 e. The van der Waals surface area contributed by atoms with Gasteiger partial charge in [0.1, 0.15) is 17.4 Å². The van der Waals surface area contributed by atoms with Gasteiger partial charge in [-0.3, -0.25) is 0 Å². The van der Waals surface area contributed by atoms with Crippen LogP contribution in [0, 0.1) is 25.5 Å². The van der Waals surface area contributed by atoms with Crippen molar-refractivity contribution in [2.75, 3.05) is 0 Å². The van der Waals surface area contributed by atoms with E-state index in [0.29, 0.717) is 22.6 Å². The second-order valence-corrected chi connectivity index (χ2v) is 3.36. The Kier molecular flexibility index (Phi) is 2.26. The summed E-state index contributed by atoms with van der Waals surface area (Å²) in [6.07, 6.45) is 0. The van der Waals surface area contributed by atoms with Crippen LogP contribution < -0.4 is 0 Å². The first-order valence-electron chi connectivity index (χ1n) is 4.47. The quantitative estimate of drug-likeness (QED) is 0.720. The standard InChI is InChI=1S/C11H9F2NO/c1-6-11(7(2)15-14-6)8-3-9(12)5-10(13)4-8/h3-5H,1-2H3. The zero-order valence-electron chi connectivity index (χ0n) is 8.34. The van der Waals surface area contributed by atoms with E-state index in [1.54, 1.807) is 13.8 Å². The molecule has 78 valence electrons. The van der Waals surface area contributed by atoms with Gasteiger partial charge in [0.2, 0.25) is 0 Å². The molecule has 0 atom stereocenters. The molecule has 0 aliphatic carbocycles. The van der Waals surface area contributed by atoms with Crippen LogP contribution in [0.4, 0.5) is 8.78 Å². The number of aryl methyl sites for hydroxylation is 2. The lowest BCUT2D eigenvalue weighted by molar-refractivity contribution is 0.393. The van der Waals surface area contributed by atoms with Crippen LogP contribution in [-0.4, -0.2) is 5.16 Å². The molecular formula is C11H9F2NO. The Morgan fingerprint density at radius 2 is 1.67 bits per heavy atom. The number of aromatic nitrogens is 1. The molecule has 0 aliphatic heterocycles. The molecule has 0 saturated carbocycles. The molecule has 0 fully saturated rings. The van der Waals surface area contributed by atoms with Crippen LogP contribution in [0.2, 0.25) is 0 Å². The molecule has 0 radical (unpaired) electrons. The molecule has 0 spiro atoms. The Labute approximate surface area is 85.5 Å². The van der Waals surface area contributed by atoms with Crippen molar-refractivity contribution in [3.8, 4) is 11.1 Å². The maximum atomic E-state index is 13.0. The third-order valence-corrected chi connectivity index (χ3v) is 2.18. The molecule has 1 aromatic carbocycles. The molecular weight excluding hydrogens is 200 g/mol. The van der Waals surface area contributed by atoms with E-state index in [0.717, 1.165) is 6.07 Å². The van der Waals surface area contributed by atoms with Crippen LogP contribution in [0.5, 0.6) is 0 Å². The van der Waals surface area contributed by atoms with Gasteiger partial charge in [-0.2, -0.15) is 0 Å². The van der Waals surface area contributed by atoms with Crippen molar-refractivity contribution >= 4 is 0 Å². The number of rotatable bonds is 1. The summed E-state index contributed by atoms with van der Waals surface area (Å²) in [6.45, 7) is 3.44. The van der Waals surface area contributed by atoms with Gasteiger partial charge in [0.25, 0.3) is 0 Å². The van der Waals surface area contributed by atoms with Gasteiger partial charge in [0.15, 0.2) is 0 Å². The third kappa shape index (κ3) is 1.75. The van der Waals surface area contributed by atoms with Gasteiger partial charge in [-0.15, -0.1) is 0 Å². The fourth-order valence-electron chi connectivity index (χ4n) is 1.59. The lowest BCUT2D eigenvalue weighted by Gasteiger charge is -2.00. The Bertz CT molecular complexity index is 466. The van der Waals surface area contributed by atoms with Crippen LogP contribution in [0.15, 0.2) is 22.7 Å². The lowest BCUT2D eigenvalue weighted by atomic mass is 10.0. The van der Waals surface area contributed by atoms with Crippen LogP contribution >= 0.6 is 0 Å². The average molecular weight is 209 g/mol.